The highest BCUT2D eigenvalue weighted by atomic mass is 16.5. The van der Waals surface area contributed by atoms with E-state index in [9.17, 15) is 5.11 Å². The van der Waals surface area contributed by atoms with E-state index in [4.69, 9.17) is 4.74 Å². The van der Waals surface area contributed by atoms with Gasteiger partial charge in [-0.25, -0.2) is 0 Å². The van der Waals surface area contributed by atoms with Gasteiger partial charge in [0.15, 0.2) is 0 Å². The van der Waals surface area contributed by atoms with Crippen LogP contribution >= 0.6 is 0 Å². The SMILES string of the molecule is COc1ccc(C(NCC(O)CN2CCCC2)C(C)C)cc1. The number of aliphatic hydroxyl groups is 1. The molecule has 0 amide bonds. The lowest BCUT2D eigenvalue weighted by Crippen LogP contribution is -2.39. The molecule has 0 radical (unpaired) electrons. The zero-order chi connectivity index (χ0) is 15.9. The summed E-state index contributed by atoms with van der Waals surface area (Å²) in [4.78, 5) is 2.35. The van der Waals surface area contributed by atoms with Gasteiger partial charge in [0.1, 0.15) is 5.75 Å². The number of β-amino-alcohol motifs (C(OH)–C–C–N with tert-alkyl or cyclic N) is 1. The minimum absolute atomic E-state index is 0.249. The van der Waals surface area contributed by atoms with Crippen LogP contribution in [0.5, 0.6) is 5.75 Å². The average Bonchev–Trinajstić information content (AvgIpc) is 3.00. The second-order valence-corrected chi connectivity index (χ2v) is 6.56. The maximum atomic E-state index is 10.2. The average molecular weight is 306 g/mol. The van der Waals surface area contributed by atoms with E-state index in [1.54, 1.807) is 7.11 Å². The third-order valence-electron chi connectivity index (χ3n) is 4.38. The normalized spacial score (nSPS) is 18.6. The molecule has 2 unspecified atom stereocenters. The van der Waals surface area contributed by atoms with E-state index in [-0.39, 0.29) is 12.1 Å². The molecule has 0 spiro atoms. The fourth-order valence-electron chi connectivity index (χ4n) is 3.14. The summed E-state index contributed by atoms with van der Waals surface area (Å²) in [5, 5.41) is 13.8. The fraction of sp³-hybridized carbons (Fsp3) is 0.667. The molecule has 1 aromatic carbocycles. The molecule has 1 saturated heterocycles. The van der Waals surface area contributed by atoms with Crippen LogP contribution in [0.3, 0.4) is 0 Å². The molecule has 0 bridgehead atoms. The largest absolute Gasteiger partial charge is 0.497 e. The van der Waals surface area contributed by atoms with Crippen molar-refractivity contribution in [2.75, 3.05) is 33.3 Å². The first-order valence-corrected chi connectivity index (χ1v) is 8.38. The number of aliphatic hydroxyl groups excluding tert-OH is 1. The smallest absolute Gasteiger partial charge is 0.118 e. The van der Waals surface area contributed by atoms with E-state index in [0.29, 0.717) is 12.5 Å². The molecule has 1 aliphatic rings. The predicted octanol–water partition coefficient (Wildman–Crippen LogP) is 2.44. The standard InChI is InChI=1S/C18H30N2O2/c1-14(2)18(15-6-8-17(22-3)9-7-15)19-12-16(21)13-20-10-4-5-11-20/h6-9,14,16,18-19,21H,4-5,10-13H2,1-3H3. The van der Waals surface area contributed by atoms with Crippen molar-refractivity contribution in [2.24, 2.45) is 5.92 Å². The van der Waals surface area contributed by atoms with Crippen molar-refractivity contribution >= 4 is 0 Å². The van der Waals surface area contributed by atoms with Gasteiger partial charge in [-0.1, -0.05) is 26.0 Å². The first kappa shape index (κ1) is 17.3. The molecule has 4 nitrogen and oxygen atoms in total. The van der Waals surface area contributed by atoms with Gasteiger partial charge in [-0.15, -0.1) is 0 Å². The summed E-state index contributed by atoms with van der Waals surface area (Å²) in [7, 11) is 1.68. The van der Waals surface area contributed by atoms with E-state index >= 15 is 0 Å². The van der Waals surface area contributed by atoms with E-state index in [2.05, 4.69) is 36.2 Å². The van der Waals surface area contributed by atoms with Crippen molar-refractivity contribution in [3.8, 4) is 5.75 Å². The van der Waals surface area contributed by atoms with Gasteiger partial charge in [0.25, 0.3) is 0 Å². The van der Waals surface area contributed by atoms with Crippen molar-refractivity contribution in [2.45, 2.75) is 38.8 Å². The topological polar surface area (TPSA) is 44.7 Å². The lowest BCUT2D eigenvalue weighted by atomic mass is 9.96. The first-order chi connectivity index (χ1) is 10.6. The molecule has 2 atom stereocenters. The zero-order valence-electron chi connectivity index (χ0n) is 14.1. The Bertz CT molecular complexity index is 427. The van der Waals surface area contributed by atoms with Gasteiger partial charge in [0.05, 0.1) is 13.2 Å². The fourth-order valence-corrected chi connectivity index (χ4v) is 3.14. The summed E-state index contributed by atoms with van der Waals surface area (Å²) in [6.07, 6.45) is 2.22. The Hall–Kier alpha value is -1.10. The molecule has 1 aliphatic heterocycles. The minimum Gasteiger partial charge on any atom is -0.497 e. The number of hydrogen-bond donors (Lipinski definition) is 2. The second-order valence-electron chi connectivity index (χ2n) is 6.56. The number of nitrogens with zero attached hydrogens (tertiary/aromatic N) is 1. The molecule has 4 heteroatoms. The Morgan fingerprint density at radius 2 is 1.82 bits per heavy atom. The van der Waals surface area contributed by atoms with Gasteiger partial charge < -0.3 is 20.1 Å². The van der Waals surface area contributed by atoms with Crippen molar-refractivity contribution in [3.05, 3.63) is 29.8 Å². The van der Waals surface area contributed by atoms with Crippen LogP contribution < -0.4 is 10.1 Å². The van der Waals surface area contributed by atoms with Gasteiger partial charge >= 0.3 is 0 Å². The van der Waals surface area contributed by atoms with Crippen LogP contribution in [0.15, 0.2) is 24.3 Å². The molecule has 0 aliphatic carbocycles. The maximum Gasteiger partial charge on any atom is 0.118 e. The Balaban J connectivity index is 1.87. The number of nitrogens with one attached hydrogen (secondary N) is 1. The maximum absolute atomic E-state index is 10.2. The monoisotopic (exact) mass is 306 g/mol. The molecule has 1 aromatic rings. The number of rotatable bonds is 8. The lowest BCUT2D eigenvalue weighted by Gasteiger charge is -2.26. The number of likely N-dealkylation sites (tertiary alicyclic amines) is 1. The molecule has 0 saturated carbocycles. The van der Waals surface area contributed by atoms with Crippen molar-refractivity contribution in [3.63, 3.8) is 0 Å². The van der Waals surface area contributed by atoms with Gasteiger partial charge in [-0.3, -0.25) is 0 Å². The second kappa shape index (κ2) is 8.51. The van der Waals surface area contributed by atoms with Crippen molar-refractivity contribution in [1.82, 2.24) is 10.2 Å². The summed E-state index contributed by atoms with van der Waals surface area (Å²) < 4.78 is 5.22. The van der Waals surface area contributed by atoms with Crippen LogP contribution in [-0.4, -0.2) is 49.4 Å². The van der Waals surface area contributed by atoms with Crippen LogP contribution in [0.4, 0.5) is 0 Å². The highest BCUT2D eigenvalue weighted by Gasteiger charge is 2.19. The summed E-state index contributed by atoms with van der Waals surface area (Å²) in [5.41, 5.74) is 1.24. The molecular formula is C18H30N2O2. The summed E-state index contributed by atoms with van der Waals surface area (Å²) in [5.74, 6) is 1.34. The van der Waals surface area contributed by atoms with E-state index in [1.807, 2.05) is 12.1 Å². The highest BCUT2D eigenvalue weighted by molar-refractivity contribution is 5.29. The Labute approximate surface area is 134 Å². The quantitative estimate of drug-likeness (QED) is 0.774. The lowest BCUT2D eigenvalue weighted by molar-refractivity contribution is 0.118. The third kappa shape index (κ3) is 4.97. The van der Waals surface area contributed by atoms with Crippen LogP contribution in [0.25, 0.3) is 0 Å². The molecule has 2 rings (SSSR count). The molecule has 0 aromatic heterocycles. The number of benzene rings is 1. The number of ether oxygens (including phenoxy) is 1. The van der Waals surface area contributed by atoms with Crippen molar-refractivity contribution in [1.29, 1.82) is 0 Å². The first-order valence-electron chi connectivity index (χ1n) is 8.38. The van der Waals surface area contributed by atoms with Crippen LogP contribution in [0.1, 0.15) is 38.3 Å². The van der Waals surface area contributed by atoms with Gasteiger partial charge in [-0.05, 0) is 49.5 Å². The Morgan fingerprint density at radius 3 is 2.36 bits per heavy atom. The van der Waals surface area contributed by atoms with Gasteiger partial charge in [-0.2, -0.15) is 0 Å². The molecular weight excluding hydrogens is 276 g/mol. The van der Waals surface area contributed by atoms with E-state index in [0.717, 1.165) is 25.4 Å². The number of methoxy groups -OCH3 is 1. The third-order valence-corrected chi connectivity index (χ3v) is 4.38. The van der Waals surface area contributed by atoms with Gasteiger partial charge in [0, 0.05) is 19.1 Å². The molecule has 22 heavy (non-hydrogen) atoms. The van der Waals surface area contributed by atoms with E-state index < -0.39 is 0 Å². The molecule has 2 N–H and O–H groups in total. The van der Waals surface area contributed by atoms with Crippen LogP contribution in [-0.2, 0) is 0 Å². The van der Waals surface area contributed by atoms with Crippen molar-refractivity contribution < 1.29 is 9.84 Å². The summed E-state index contributed by atoms with van der Waals surface area (Å²) in [6.45, 7) is 8.07. The Morgan fingerprint density at radius 1 is 1.18 bits per heavy atom. The van der Waals surface area contributed by atoms with Crippen LogP contribution in [0, 0.1) is 5.92 Å². The molecule has 124 valence electrons. The number of hydrogen-bond acceptors (Lipinski definition) is 4. The zero-order valence-corrected chi connectivity index (χ0v) is 14.1. The summed E-state index contributed by atoms with van der Waals surface area (Å²) in [6, 6.07) is 8.44. The molecule has 1 heterocycles. The Kier molecular flexibility index (Phi) is 6.68. The van der Waals surface area contributed by atoms with Gasteiger partial charge in [0.2, 0.25) is 0 Å². The minimum atomic E-state index is -0.308. The van der Waals surface area contributed by atoms with E-state index in [1.165, 1.54) is 18.4 Å². The highest BCUT2D eigenvalue weighted by Crippen LogP contribution is 2.23. The van der Waals surface area contributed by atoms with Crippen LogP contribution in [0.2, 0.25) is 0 Å². The summed E-state index contributed by atoms with van der Waals surface area (Å²) >= 11 is 0. The molecule has 1 fully saturated rings. The predicted molar refractivity (Wildman–Crippen MR) is 90.3 cm³/mol.